The van der Waals surface area contributed by atoms with E-state index in [-0.39, 0.29) is 5.75 Å². The van der Waals surface area contributed by atoms with E-state index in [0.717, 1.165) is 11.3 Å². The molecule has 0 saturated heterocycles. The van der Waals surface area contributed by atoms with Gasteiger partial charge >= 0.3 is 6.61 Å². The van der Waals surface area contributed by atoms with E-state index in [9.17, 15) is 13.0 Å². The molecular weight excluding hydrogens is 372 g/mol. The fraction of sp³-hybridized carbons (Fsp3) is 0.316. The summed E-state index contributed by atoms with van der Waals surface area (Å²) < 4.78 is 42.8. The number of nitrogens with one attached hydrogen (secondary N) is 1. The first-order valence-electron chi connectivity index (χ1n) is 8.36. The fourth-order valence-corrected chi connectivity index (χ4v) is 4.18. The van der Waals surface area contributed by atoms with Gasteiger partial charge in [-0.1, -0.05) is 18.2 Å². The number of aromatic amines is 1. The van der Waals surface area contributed by atoms with Crippen LogP contribution in [0.4, 0.5) is 14.5 Å². The molecule has 1 atom stereocenters. The van der Waals surface area contributed by atoms with Crippen LogP contribution in [0.15, 0.2) is 35.5 Å². The van der Waals surface area contributed by atoms with Crippen LogP contribution in [-0.2, 0) is 16.6 Å². The van der Waals surface area contributed by atoms with Crippen LogP contribution in [0.1, 0.15) is 16.7 Å². The Morgan fingerprint density at radius 2 is 1.96 bits per heavy atom. The molecule has 0 bridgehead atoms. The van der Waals surface area contributed by atoms with Gasteiger partial charge in [-0.15, -0.1) is 0 Å². The summed E-state index contributed by atoms with van der Waals surface area (Å²) in [6.45, 7) is 0.451. The van der Waals surface area contributed by atoms with Gasteiger partial charge in [0.1, 0.15) is 5.75 Å². The predicted molar refractivity (Wildman–Crippen MR) is 103 cm³/mol. The molecule has 0 amide bonds. The lowest BCUT2D eigenvalue weighted by Gasteiger charge is -2.16. The number of H-pyrrole nitrogens is 1. The molecule has 27 heavy (non-hydrogen) atoms. The van der Waals surface area contributed by atoms with Gasteiger partial charge in [0.05, 0.1) is 27.6 Å². The largest absolute Gasteiger partial charge is 0.434 e. The lowest BCUT2D eigenvalue weighted by Crippen LogP contribution is -2.12. The van der Waals surface area contributed by atoms with Crippen molar-refractivity contribution in [1.82, 2.24) is 9.97 Å². The van der Waals surface area contributed by atoms with E-state index in [4.69, 9.17) is 0 Å². The van der Waals surface area contributed by atoms with Crippen molar-refractivity contribution in [3.63, 3.8) is 0 Å². The maximum atomic E-state index is 12.9. The van der Waals surface area contributed by atoms with Gasteiger partial charge < -0.3 is 14.6 Å². The number of rotatable bonds is 6. The number of alkyl halides is 2. The van der Waals surface area contributed by atoms with E-state index in [2.05, 4.69) is 14.7 Å². The summed E-state index contributed by atoms with van der Waals surface area (Å²) in [6.07, 6.45) is 0. The number of hydrogen-bond acceptors (Lipinski definition) is 4. The molecule has 8 heteroatoms. The van der Waals surface area contributed by atoms with E-state index in [0.29, 0.717) is 33.1 Å². The average Bonchev–Trinajstić information content (AvgIpc) is 3.03. The molecule has 1 aromatic heterocycles. The quantitative estimate of drug-likeness (QED) is 0.683. The first-order valence-corrected chi connectivity index (χ1v) is 9.68. The van der Waals surface area contributed by atoms with Gasteiger partial charge in [-0.05, 0) is 37.1 Å². The monoisotopic (exact) mass is 393 g/mol. The number of para-hydroxylation sites is 1. The summed E-state index contributed by atoms with van der Waals surface area (Å²) in [5.41, 5.74) is 4.13. The molecule has 0 aliphatic heterocycles. The van der Waals surface area contributed by atoms with E-state index < -0.39 is 17.4 Å². The second-order valence-corrected chi connectivity index (χ2v) is 7.84. The molecule has 1 heterocycles. The van der Waals surface area contributed by atoms with Crippen molar-refractivity contribution in [2.24, 2.45) is 0 Å². The molecule has 5 nitrogen and oxygen atoms in total. The minimum absolute atomic E-state index is 0.110. The first kappa shape index (κ1) is 19.3. The number of benzene rings is 2. The van der Waals surface area contributed by atoms with Crippen LogP contribution >= 0.6 is 0 Å². The van der Waals surface area contributed by atoms with Crippen molar-refractivity contribution in [3.8, 4) is 5.75 Å². The maximum absolute atomic E-state index is 12.9. The van der Waals surface area contributed by atoms with Crippen LogP contribution in [0.25, 0.3) is 11.0 Å². The number of imidazole rings is 1. The highest BCUT2D eigenvalue weighted by molar-refractivity contribution is 7.84. The second kappa shape index (κ2) is 7.64. The minimum atomic E-state index is -2.91. The van der Waals surface area contributed by atoms with Crippen LogP contribution in [-0.4, -0.2) is 34.9 Å². The third-order valence-corrected chi connectivity index (χ3v) is 5.51. The Hall–Kier alpha value is -2.48. The number of hydrogen-bond donors (Lipinski definition) is 1. The number of ether oxygens (including phenoxy) is 1. The summed E-state index contributed by atoms with van der Waals surface area (Å²) in [5, 5.41) is 0.315. The third-order valence-electron chi connectivity index (χ3n) is 4.31. The Bertz CT molecular complexity index is 1000. The van der Waals surface area contributed by atoms with E-state index >= 15 is 0 Å². The Kier molecular flexibility index (Phi) is 5.46. The average molecular weight is 393 g/mol. The zero-order chi connectivity index (χ0) is 19.7. The van der Waals surface area contributed by atoms with E-state index in [1.54, 1.807) is 19.9 Å². The number of nitrogens with zero attached hydrogens (tertiary/aromatic N) is 2. The Morgan fingerprint density at radius 1 is 1.26 bits per heavy atom. The van der Waals surface area contributed by atoms with Crippen LogP contribution < -0.4 is 9.64 Å². The zero-order valence-electron chi connectivity index (χ0n) is 15.5. The highest BCUT2D eigenvalue weighted by Crippen LogP contribution is 2.32. The molecule has 0 spiro atoms. The van der Waals surface area contributed by atoms with Gasteiger partial charge in [0.25, 0.3) is 0 Å². The lowest BCUT2D eigenvalue weighted by molar-refractivity contribution is -0.0506. The topological polar surface area (TPSA) is 58.2 Å². The van der Waals surface area contributed by atoms with E-state index in [1.165, 1.54) is 0 Å². The van der Waals surface area contributed by atoms with Crippen LogP contribution in [0, 0.1) is 13.8 Å². The fourth-order valence-electron chi connectivity index (χ4n) is 3.10. The van der Waals surface area contributed by atoms with Crippen molar-refractivity contribution in [1.29, 1.82) is 0 Å². The molecule has 1 unspecified atom stereocenters. The van der Waals surface area contributed by atoms with Gasteiger partial charge in [-0.3, -0.25) is 4.21 Å². The predicted octanol–water partition coefficient (Wildman–Crippen LogP) is 4.15. The van der Waals surface area contributed by atoms with Gasteiger partial charge in [-0.25, -0.2) is 4.98 Å². The number of aryl methyl sites for hydroxylation is 2. The summed E-state index contributed by atoms with van der Waals surface area (Å²) in [6, 6.07) is 9.41. The SMILES string of the molecule is Cc1cc2[nH]c(S(=O)Cc3ccccc3N(C)C)nc2c(C)c1OC(F)F. The molecule has 0 saturated carbocycles. The standard InChI is InChI=1S/C19H21F2N3O2S/c1-11-9-14-16(12(2)17(11)26-18(20)21)23-19(22-14)27(25)10-13-7-5-6-8-15(13)24(3)4/h5-9,18H,10H2,1-4H3,(H,22,23). The zero-order valence-corrected chi connectivity index (χ0v) is 16.4. The summed E-state index contributed by atoms with van der Waals surface area (Å²) in [7, 11) is 2.45. The van der Waals surface area contributed by atoms with Crippen LogP contribution in [0.3, 0.4) is 0 Å². The number of halogens is 2. The number of aromatic nitrogens is 2. The van der Waals surface area contributed by atoms with Gasteiger partial charge in [0.2, 0.25) is 0 Å². The lowest BCUT2D eigenvalue weighted by atomic mass is 10.1. The molecule has 2 aromatic carbocycles. The normalized spacial score (nSPS) is 12.6. The van der Waals surface area contributed by atoms with Gasteiger partial charge in [0, 0.05) is 25.3 Å². The van der Waals surface area contributed by atoms with Crippen LogP contribution in [0.2, 0.25) is 0 Å². The third kappa shape index (κ3) is 3.95. The van der Waals surface area contributed by atoms with Crippen molar-refractivity contribution in [2.75, 3.05) is 19.0 Å². The van der Waals surface area contributed by atoms with Crippen LogP contribution in [0.5, 0.6) is 5.75 Å². The second-order valence-electron chi connectivity index (χ2n) is 6.48. The molecule has 0 aliphatic rings. The number of anilines is 1. The summed E-state index contributed by atoms with van der Waals surface area (Å²) in [5.74, 6) is 0.409. The minimum Gasteiger partial charge on any atom is -0.434 e. The summed E-state index contributed by atoms with van der Waals surface area (Å²) in [4.78, 5) is 9.42. The first-order chi connectivity index (χ1) is 12.8. The molecule has 3 aromatic rings. The number of fused-ring (bicyclic) bond motifs is 1. The Morgan fingerprint density at radius 3 is 2.63 bits per heavy atom. The Labute approximate surface area is 158 Å². The molecule has 144 valence electrons. The molecule has 1 N–H and O–H groups in total. The smallest absolute Gasteiger partial charge is 0.387 e. The molecule has 0 aliphatic carbocycles. The van der Waals surface area contributed by atoms with Crippen molar-refractivity contribution in [3.05, 3.63) is 47.0 Å². The summed E-state index contributed by atoms with van der Waals surface area (Å²) >= 11 is 0. The van der Waals surface area contributed by atoms with Crippen molar-refractivity contribution >= 4 is 27.5 Å². The van der Waals surface area contributed by atoms with E-state index in [1.807, 2.05) is 43.3 Å². The van der Waals surface area contributed by atoms with Crippen molar-refractivity contribution in [2.45, 2.75) is 31.4 Å². The highest BCUT2D eigenvalue weighted by Gasteiger charge is 2.19. The van der Waals surface area contributed by atoms with Crippen molar-refractivity contribution < 1.29 is 17.7 Å². The maximum Gasteiger partial charge on any atom is 0.387 e. The van der Waals surface area contributed by atoms with Gasteiger partial charge in [0.15, 0.2) is 5.16 Å². The molecular formula is C19H21F2N3O2S. The highest BCUT2D eigenvalue weighted by atomic mass is 32.2. The Balaban J connectivity index is 1.96. The molecule has 3 rings (SSSR count). The van der Waals surface area contributed by atoms with Gasteiger partial charge in [-0.2, -0.15) is 8.78 Å². The molecule has 0 fully saturated rings. The molecule has 0 radical (unpaired) electrons.